The van der Waals surface area contributed by atoms with Gasteiger partial charge in [-0.1, -0.05) is 63.6 Å². The van der Waals surface area contributed by atoms with Crippen molar-refractivity contribution in [2.45, 2.75) is 64.3 Å². The summed E-state index contributed by atoms with van der Waals surface area (Å²) in [6.07, 6.45) is 8.77. The van der Waals surface area contributed by atoms with Crippen molar-refractivity contribution < 1.29 is 14.3 Å². The van der Waals surface area contributed by atoms with Gasteiger partial charge in [-0.15, -0.1) is 0 Å². The molecule has 1 aliphatic heterocycles. The van der Waals surface area contributed by atoms with Crippen LogP contribution in [0.3, 0.4) is 0 Å². The summed E-state index contributed by atoms with van der Waals surface area (Å²) in [6.45, 7) is 2.57. The summed E-state index contributed by atoms with van der Waals surface area (Å²) >= 11 is 0. The average molecular weight is 331 g/mol. The number of hydrogen-bond acceptors (Lipinski definition) is 3. The highest BCUT2D eigenvalue weighted by molar-refractivity contribution is 5.96. The molecule has 132 valence electrons. The van der Waals surface area contributed by atoms with Crippen LogP contribution in [0.1, 0.15) is 80.3 Å². The Morgan fingerprint density at radius 2 is 1.88 bits per heavy atom. The highest BCUT2D eigenvalue weighted by Gasteiger charge is 2.30. The Bertz CT molecular complexity index is 556. The average Bonchev–Trinajstić information content (AvgIpc) is 2.93. The van der Waals surface area contributed by atoms with Crippen molar-refractivity contribution in [1.29, 1.82) is 0 Å². The normalized spacial score (nSPS) is 17.2. The first-order valence-electron chi connectivity index (χ1n) is 9.16. The number of benzene rings is 1. The molecule has 0 aliphatic carbocycles. The summed E-state index contributed by atoms with van der Waals surface area (Å²) in [5.74, 6) is 0.193. The van der Waals surface area contributed by atoms with E-state index in [1.165, 1.54) is 32.1 Å². The molecule has 0 bridgehead atoms. The zero-order valence-electron chi connectivity index (χ0n) is 14.9. The van der Waals surface area contributed by atoms with Gasteiger partial charge in [-0.25, -0.2) is 4.79 Å². The first kappa shape index (κ1) is 18.5. The molecule has 1 atom stereocenters. The Morgan fingerprint density at radius 1 is 1.17 bits per heavy atom. The van der Waals surface area contributed by atoms with Crippen molar-refractivity contribution in [3.8, 4) is 0 Å². The molecule has 4 heteroatoms. The van der Waals surface area contributed by atoms with Gasteiger partial charge in [-0.3, -0.25) is 4.79 Å². The van der Waals surface area contributed by atoms with Crippen LogP contribution in [0, 0.1) is 0 Å². The molecule has 1 heterocycles. The fourth-order valence-corrected chi connectivity index (χ4v) is 3.12. The van der Waals surface area contributed by atoms with Crippen LogP contribution in [0.25, 0.3) is 0 Å². The lowest BCUT2D eigenvalue weighted by Crippen LogP contribution is -2.22. The maximum atomic E-state index is 12.4. The van der Waals surface area contributed by atoms with E-state index < -0.39 is 0 Å². The van der Waals surface area contributed by atoms with E-state index in [1.54, 1.807) is 11.9 Å². The molecule has 1 aliphatic rings. The number of nitrogens with zero attached hydrogens (tertiary/aromatic N) is 1. The second-order valence-electron chi connectivity index (χ2n) is 6.62. The minimum atomic E-state index is -0.306. The number of carbonyl (C=O) groups is 2. The number of hydrogen-bond donors (Lipinski definition) is 0. The molecule has 1 aromatic rings. The maximum Gasteiger partial charge on any atom is 0.410 e. The Balaban J connectivity index is 1.80. The number of rotatable bonds is 10. The lowest BCUT2D eigenvalue weighted by atomic mass is 9.99. The van der Waals surface area contributed by atoms with Gasteiger partial charge in [-0.2, -0.15) is 0 Å². The van der Waals surface area contributed by atoms with Crippen LogP contribution in [-0.4, -0.2) is 30.4 Å². The van der Waals surface area contributed by atoms with Crippen molar-refractivity contribution in [2.24, 2.45) is 0 Å². The third-order valence-electron chi connectivity index (χ3n) is 4.72. The Labute approximate surface area is 145 Å². The van der Waals surface area contributed by atoms with Gasteiger partial charge in [0.05, 0.1) is 6.04 Å². The lowest BCUT2D eigenvalue weighted by Gasteiger charge is -2.16. The molecule has 0 radical (unpaired) electrons. The fourth-order valence-electron chi connectivity index (χ4n) is 3.12. The SMILES string of the molecule is CCCCCCCCCC(=O)c1cccc([C@H]2COC(=O)N2C)c1. The molecule has 0 spiro atoms. The van der Waals surface area contributed by atoms with Gasteiger partial charge >= 0.3 is 6.09 Å². The van der Waals surface area contributed by atoms with Crippen molar-refractivity contribution in [2.75, 3.05) is 13.7 Å². The van der Waals surface area contributed by atoms with E-state index >= 15 is 0 Å². The minimum Gasteiger partial charge on any atom is -0.447 e. The molecule has 0 N–H and O–H groups in total. The molecule has 0 saturated carbocycles. The zero-order chi connectivity index (χ0) is 17.4. The first-order chi connectivity index (χ1) is 11.6. The summed E-state index contributed by atoms with van der Waals surface area (Å²) in [6, 6.07) is 7.53. The van der Waals surface area contributed by atoms with Gasteiger partial charge in [0.15, 0.2) is 5.78 Å². The van der Waals surface area contributed by atoms with E-state index in [9.17, 15) is 9.59 Å². The third kappa shape index (κ3) is 5.08. The molecule has 2 rings (SSSR count). The summed E-state index contributed by atoms with van der Waals surface area (Å²) in [4.78, 5) is 25.4. The zero-order valence-corrected chi connectivity index (χ0v) is 14.9. The van der Waals surface area contributed by atoms with Crippen molar-refractivity contribution in [1.82, 2.24) is 4.90 Å². The Morgan fingerprint density at radius 3 is 2.54 bits per heavy atom. The Hall–Kier alpha value is -1.84. The number of ketones is 1. The molecule has 24 heavy (non-hydrogen) atoms. The van der Waals surface area contributed by atoms with E-state index in [-0.39, 0.29) is 17.9 Å². The molecular formula is C20H29NO3. The Kier molecular flexibility index (Phi) is 7.29. The summed E-state index contributed by atoms with van der Waals surface area (Å²) in [7, 11) is 1.73. The number of ether oxygens (including phenoxy) is 1. The van der Waals surface area contributed by atoms with Crippen LogP contribution >= 0.6 is 0 Å². The highest BCUT2D eigenvalue weighted by Crippen LogP contribution is 2.26. The number of likely N-dealkylation sites (N-methyl/N-ethyl adjacent to an activating group) is 1. The third-order valence-corrected chi connectivity index (χ3v) is 4.72. The van der Waals surface area contributed by atoms with E-state index in [0.717, 1.165) is 24.0 Å². The van der Waals surface area contributed by atoms with Gasteiger partial charge in [0, 0.05) is 19.0 Å². The van der Waals surface area contributed by atoms with Crippen LogP contribution in [0.4, 0.5) is 4.79 Å². The van der Waals surface area contributed by atoms with E-state index in [0.29, 0.717) is 13.0 Å². The largest absolute Gasteiger partial charge is 0.447 e. The lowest BCUT2D eigenvalue weighted by molar-refractivity contribution is 0.0979. The van der Waals surface area contributed by atoms with Crippen LogP contribution in [0.2, 0.25) is 0 Å². The van der Waals surface area contributed by atoms with Crippen LogP contribution in [0.15, 0.2) is 24.3 Å². The minimum absolute atomic E-state index is 0.0937. The molecule has 0 aromatic heterocycles. The second-order valence-corrected chi connectivity index (χ2v) is 6.62. The molecule has 1 aromatic carbocycles. The van der Waals surface area contributed by atoms with Crippen LogP contribution in [0.5, 0.6) is 0 Å². The smallest absolute Gasteiger partial charge is 0.410 e. The molecular weight excluding hydrogens is 302 g/mol. The quantitative estimate of drug-likeness (QED) is 0.441. The molecule has 4 nitrogen and oxygen atoms in total. The van der Waals surface area contributed by atoms with Crippen LogP contribution in [-0.2, 0) is 4.74 Å². The summed E-state index contributed by atoms with van der Waals surface area (Å²) in [5, 5.41) is 0. The van der Waals surface area contributed by atoms with Crippen molar-refractivity contribution in [3.05, 3.63) is 35.4 Å². The maximum absolute atomic E-state index is 12.4. The predicted molar refractivity (Wildman–Crippen MR) is 95.2 cm³/mol. The molecule has 1 saturated heterocycles. The van der Waals surface area contributed by atoms with E-state index in [4.69, 9.17) is 4.74 Å². The monoisotopic (exact) mass is 331 g/mol. The molecule has 1 fully saturated rings. The standard InChI is InChI=1S/C20H29NO3/c1-3-4-5-6-7-8-9-13-19(22)17-12-10-11-16(14-17)18-15-24-20(23)21(18)2/h10-12,14,18H,3-9,13,15H2,1-2H3/t18-/m1/s1. The molecule has 0 unspecified atom stereocenters. The fraction of sp³-hybridized carbons (Fsp3) is 0.600. The van der Waals surface area contributed by atoms with Gasteiger partial charge in [-0.05, 0) is 18.1 Å². The molecule has 1 amide bonds. The predicted octanol–water partition coefficient (Wildman–Crippen LogP) is 5.13. The van der Waals surface area contributed by atoms with E-state index in [1.807, 2.05) is 24.3 Å². The second kappa shape index (κ2) is 9.45. The topological polar surface area (TPSA) is 46.6 Å². The number of Topliss-reactive ketones (excluding diaryl/α,β-unsaturated/α-hetero) is 1. The number of unbranched alkanes of at least 4 members (excludes halogenated alkanes) is 6. The number of amides is 1. The number of cyclic esters (lactones) is 1. The summed E-state index contributed by atoms with van der Waals surface area (Å²) < 4.78 is 5.05. The summed E-state index contributed by atoms with van der Waals surface area (Å²) in [5.41, 5.74) is 1.71. The van der Waals surface area contributed by atoms with Crippen LogP contribution < -0.4 is 0 Å². The van der Waals surface area contributed by atoms with Crippen molar-refractivity contribution in [3.63, 3.8) is 0 Å². The van der Waals surface area contributed by atoms with Gasteiger partial charge in [0.2, 0.25) is 0 Å². The highest BCUT2D eigenvalue weighted by atomic mass is 16.6. The van der Waals surface area contributed by atoms with Gasteiger partial charge in [0.25, 0.3) is 0 Å². The van der Waals surface area contributed by atoms with E-state index in [2.05, 4.69) is 6.92 Å². The number of carbonyl (C=O) groups excluding carboxylic acids is 2. The van der Waals surface area contributed by atoms with Crippen molar-refractivity contribution >= 4 is 11.9 Å². The first-order valence-corrected chi connectivity index (χ1v) is 9.16. The van der Waals surface area contributed by atoms with Gasteiger partial charge in [0.1, 0.15) is 6.61 Å². The van der Waals surface area contributed by atoms with Gasteiger partial charge < -0.3 is 9.64 Å².